The lowest BCUT2D eigenvalue weighted by Crippen LogP contribution is -2.17. The van der Waals surface area contributed by atoms with Crippen LogP contribution in [-0.2, 0) is 5.41 Å². The van der Waals surface area contributed by atoms with Gasteiger partial charge in [0.15, 0.2) is 0 Å². The van der Waals surface area contributed by atoms with Crippen molar-refractivity contribution >= 4 is 17.1 Å². The van der Waals surface area contributed by atoms with E-state index < -0.39 is 0 Å². The van der Waals surface area contributed by atoms with E-state index in [0.717, 1.165) is 17.1 Å². The van der Waals surface area contributed by atoms with Crippen LogP contribution in [-0.4, -0.2) is 0 Å². The molecule has 0 atom stereocenters. The molecular formula is C45H35N. The summed E-state index contributed by atoms with van der Waals surface area (Å²) in [7, 11) is 0. The van der Waals surface area contributed by atoms with Gasteiger partial charge in [-0.3, -0.25) is 0 Å². The van der Waals surface area contributed by atoms with Crippen LogP contribution in [0, 0.1) is 0 Å². The number of hydrogen-bond donors (Lipinski definition) is 0. The van der Waals surface area contributed by atoms with Crippen LogP contribution in [0.1, 0.15) is 25.0 Å². The molecule has 220 valence electrons. The first-order valence-corrected chi connectivity index (χ1v) is 16.0. The van der Waals surface area contributed by atoms with E-state index in [2.05, 4.69) is 195 Å². The normalized spacial score (nSPS) is 12.7. The van der Waals surface area contributed by atoms with Crippen LogP contribution in [0.5, 0.6) is 0 Å². The third-order valence-corrected chi connectivity index (χ3v) is 9.49. The molecule has 0 heterocycles. The highest BCUT2D eigenvalue weighted by Gasteiger charge is 2.36. The second-order valence-corrected chi connectivity index (χ2v) is 12.6. The van der Waals surface area contributed by atoms with Gasteiger partial charge in [0.1, 0.15) is 0 Å². The van der Waals surface area contributed by atoms with Crippen molar-refractivity contribution in [3.8, 4) is 44.5 Å². The smallest absolute Gasteiger partial charge is 0.0540 e. The van der Waals surface area contributed by atoms with Gasteiger partial charge in [0.2, 0.25) is 0 Å². The summed E-state index contributed by atoms with van der Waals surface area (Å²) in [5, 5.41) is 0. The lowest BCUT2D eigenvalue weighted by Gasteiger charge is -2.29. The third-order valence-electron chi connectivity index (χ3n) is 9.49. The van der Waals surface area contributed by atoms with Gasteiger partial charge in [-0.05, 0) is 86.5 Å². The van der Waals surface area contributed by atoms with E-state index >= 15 is 0 Å². The first-order chi connectivity index (χ1) is 22.6. The van der Waals surface area contributed by atoms with Crippen molar-refractivity contribution in [2.75, 3.05) is 4.90 Å². The van der Waals surface area contributed by atoms with Crippen molar-refractivity contribution in [1.29, 1.82) is 0 Å². The van der Waals surface area contributed by atoms with Crippen molar-refractivity contribution in [2.24, 2.45) is 0 Å². The van der Waals surface area contributed by atoms with E-state index in [-0.39, 0.29) is 5.41 Å². The summed E-state index contributed by atoms with van der Waals surface area (Å²) in [5.41, 5.74) is 16.1. The van der Waals surface area contributed by atoms with Crippen LogP contribution >= 0.6 is 0 Å². The van der Waals surface area contributed by atoms with E-state index in [1.165, 1.54) is 55.6 Å². The fraction of sp³-hybridized carbons (Fsp3) is 0.0667. The molecule has 0 amide bonds. The first kappa shape index (κ1) is 27.9. The summed E-state index contributed by atoms with van der Waals surface area (Å²) in [6.07, 6.45) is 0. The van der Waals surface area contributed by atoms with Gasteiger partial charge in [-0.15, -0.1) is 0 Å². The maximum absolute atomic E-state index is 2.42. The second kappa shape index (κ2) is 11.4. The molecule has 0 saturated heterocycles. The zero-order valence-electron chi connectivity index (χ0n) is 26.2. The monoisotopic (exact) mass is 589 g/mol. The average Bonchev–Trinajstić information content (AvgIpc) is 3.35. The molecule has 0 bridgehead atoms. The molecule has 7 aromatic rings. The van der Waals surface area contributed by atoms with Crippen LogP contribution in [0.25, 0.3) is 44.5 Å². The number of rotatable bonds is 6. The number of fused-ring (bicyclic) bond motifs is 3. The summed E-state index contributed by atoms with van der Waals surface area (Å²) in [5.74, 6) is 0. The lowest BCUT2D eigenvalue weighted by atomic mass is 9.81. The number of nitrogens with zero attached hydrogens (tertiary/aromatic N) is 1. The molecule has 0 aromatic heterocycles. The largest absolute Gasteiger partial charge is 0.310 e. The van der Waals surface area contributed by atoms with Gasteiger partial charge >= 0.3 is 0 Å². The summed E-state index contributed by atoms with van der Waals surface area (Å²) in [4.78, 5) is 2.40. The Morgan fingerprint density at radius 1 is 0.348 bits per heavy atom. The van der Waals surface area contributed by atoms with Crippen molar-refractivity contribution < 1.29 is 0 Å². The highest BCUT2D eigenvalue weighted by molar-refractivity contribution is 5.91. The van der Waals surface area contributed by atoms with Crippen LogP contribution in [0.3, 0.4) is 0 Å². The predicted molar refractivity (Wildman–Crippen MR) is 195 cm³/mol. The molecule has 1 nitrogen and oxygen atoms in total. The maximum Gasteiger partial charge on any atom is 0.0540 e. The summed E-state index contributed by atoms with van der Waals surface area (Å²) in [6, 6.07) is 63.7. The van der Waals surface area contributed by atoms with Gasteiger partial charge in [-0.1, -0.05) is 153 Å². The van der Waals surface area contributed by atoms with Gasteiger partial charge in [0.05, 0.1) is 5.69 Å². The fourth-order valence-electron chi connectivity index (χ4n) is 7.06. The molecule has 1 aliphatic rings. The Balaban J connectivity index is 1.20. The first-order valence-electron chi connectivity index (χ1n) is 16.0. The topological polar surface area (TPSA) is 3.24 Å². The average molecular weight is 590 g/mol. The fourth-order valence-corrected chi connectivity index (χ4v) is 7.06. The molecule has 7 aromatic carbocycles. The third kappa shape index (κ3) is 4.82. The Hall–Kier alpha value is -5.66. The Morgan fingerprint density at radius 3 is 1.50 bits per heavy atom. The second-order valence-electron chi connectivity index (χ2n) is 12.6. The standard InChI is InChI=1S/C45H35N/c1-45(2)42-30-36(34-24-22-33(23-25-34)32-14-6-3-7-15-32)26-28-40(42)41-29-27-38(31-43(41)45)46(37-18-10-5-11-19-37)44-21-13-12-20-39(44)35-16-8-4-9-17-35/h3-31H,1-2H3. The highest BCUT2D eigenvalue weighted by Crippen LogP contribution is 2.52. The van der Waals surface area contributed by atoms with E-state index in [4.69, 9.17) is 0 Å². The summed E-state index contributed by atoms with van der Waals surface area (Å²) < 4.78 is 0. The van der Waals surface area contributed by atoms with E-state index in [1.807, 2.05) is 0 Å². The summed E-state index contributed by atoms with van der Waals surface area (Å²) >= 11 is 0. The van der Waals surface area contributed by atoms with Gasteiger partial charge in [0, 0.05) is 22.4 Å². The number of anilines is 3. The van der Waals surface area contributed by atoms with E-state index in [9.17, 15) is 0 Å². The van der Waals surface area contributed by atoms with Crippen LogP contribution in [0.15, 0.2) is 176 Å². The van der Waals surface area contributed by atoms with Crippen molar-refractivity contribution in [1.82, 2.24) is 0 Å². The molecule has 1 heteroatoms. The molecule has 0 radical (unpaired) electrons. The molecular weight excluding hydrogens is 555 g/mol. The van der Waals surface area contributed by atoms with Crippen LogP contribution < -0.4 is 4.90 Å². The van der Waals surface area contributed by atoms with Gasteiger partial charge in [-0.25, -0.2) is 0 Å². The van der Waals surface area contributed by atoms with Crippen molar-refractivity contribution in [3.63, 3.8) is 0 Å². The molecule has 0 spiro atoms. The Morgan fingerprint density at radius 2 is 0.826 bits per heavy atom. The number of para-hydroxylation sites is 2. The summed E-state index contributed by atoms with van der Waals surface area (Å²) in [6.45, 7) is 4.74. The van der Waals surface area contributed by atoms with Gasteiger partial charge in [0.25, 0.3) is 0 Å². The maximum atomic E-state index is 2.42. The Labute approximate surface area is 272 Å². The molecule has 0 N–H and O–H groups in total. The van der Waals surface area contributed by atoms with Gasteiger partial charge in [-0.2, -0.15) is 0 Å². The van der Waals surface area contributed by atoms with Crippen LogP contribution in [0.4, 0.5) is 17.1 Å². The molecule has 1 aliphatic carbocycles. The predicted octanol–water partition coefficient (Wildman–Crippen LogP) is 12.5. The minimum absolute atomic E-state index is 0.151. The Bertz CT molecular complexity index is 2140. The number of benzene rings is 7. The lowest BCUT2D eigenvalue weighted by molar-refractivity contribution is 0.660. The molecule has 46 heavy (non-hydrogen) atoms. The highest BCUT2D eigenvalue weighted by atomic mass is 15.1. The number of hydrogen-bond acceptors (Lipinski definition) is 1. The quantitative estimate of drug-likeness (QED) is 0.186. The minimum Gasteiger partial charge on any atom is -0.310 e. The van der Waals surface area contributed by atoms with E-state index in [1.54, 1.807) is 0 Å². The molecule has 0 aliphatic heterocycles. The zero-order chi connectivity index (χ0) is 31.1. The van der Waals surface area contributed by atoms with Gasteiger partial charge < -0.3 is 4.90 Å². The molecule has 0 saturated carbocycles. The molecule has 0 unspecified atom stereocenters. The van der Waals surface area contributed by atoms with Crippen LogP contribution in [0.2, 0.25) is 0 Å². The molecule has 8 rings (SSSR count). The zero-order valence-corrected chi connectivity index (χ0v) is 26.2. The van der Waals surface area contributed by atoms with Crippen molar-refractivity contribution in [3.05, 3.63) is 187 Å². The minimum atomic E-state index is -0.151. The van der Waals surface area contributed by atoms with Crippen molar-refractivity contribution in [2.45, 2.75) is 19.3 Å². The SMILES string of the molecule is CC1(C)c2cc(-c3ccc(-c4ccccc4)cc3)ccc2-c2ccc(N(c3ccccc3)c3ccccc3-c3ccccc3)cc21. The Kier molecular flexibility index (Phi) is 6.88. The van der Waals surface area contributed by atoms with E-state index in [0.29, 0.717) is 0 Å². The molecule has 0 fully saturated rings.